The van der Waals surface area contributed by atoms with Gasteiger partial charge in [-0.25, -0.2) is 0 Å². The van der Waals surface area contributed by atoms with E-state index in [9.17, 15) is 15.2 Å². The van der Waals surface area contributed by atoms with Crippen LogP contribution in [0, 0.1) is 17.2 Å². The summed E-state index contributed by atoms with van der Waals surface area (Å²) in [6, 6.07) is 7.78. The number of aliphatic hydroxyl groups is 1. The Kier molecular flexibility index (Phi) is 6.49. The number of hydrogen-bond donors (Lipinski definition) is 1. The highest BCUT2D eigenvalue weighted by Gasteiger charge is 2.42. The molecule has 0 bridgehead atoms. The van der Waals surface area contributed by atoms with Crippen molar-refractivity contribution in [1.29, 1.82) is 5.26 Å². The molecule has 3 fully saturated rings. The van der Waals surface area contributed by atoms with Gasteiger partial charge in [-0.3, -0.25) is 9.80 Å². The van der Waals surface area contributed by atoms with Crippen LogP contribution in [0.2, 0.25) is 5.02 Å². The van der Waals surface area contributed by atoms with Crippen molar-refractivity contribution in [3.63, 3.8) is 0 Å². The number of aliphatic hydroxyl groups excluding tert-OH is 1. The summed E-state index contributed by atoms with van der Waals surface area (Å²) in [7, 11) is 0. The van der Waals surface area contributed by atoms with E-state index in [1.807, 2.05) is 17.0 Å². The number of rotatable bonds is 3. The van der Waals surface area contributed by atoms with Gasteiger partial charge in [0.05, 0.1) is 28.4 Å². The first-order valence-electron chi connectivity index (χ1n) is 12.3. The van der Waals surface area contributed by atoms with Gasteiger partial charge in [-0.15, -0.1) is 0 Å². The number of likely N-dealkylation sites (tertiary alicyclic amines) is 2. The highest BCUT2D eigenvalue weighted by molar-refractivity contribution is 6.32. The molecule has 176 valence electrons. The third-order valence-electron chi connectivity index (χ3n) is 7.86. The quantitative estimate of drug-likeness (QED) is 0.729. The second kappa shape index (κ2) is 9.52. The molecule has 1 N–H and O–H groups in total. The smallest absolute Gasteiger partial charge is 0.245 e. The number of benzene rings is 1. The number of hydrazone groups is 1. The van der Waals surface area contributed by atoms with E-state index >= 15 is 0 Å². The highest BCUT2D eigenvalue weighted by Crippen LogP contribution is 2.39. The third-order valence-corrected chi connectivity index (χ3v) is 8.17. The van der Waals surface area contributed by atoms with Gasteiger partial charge < -0.3 is 14.9 Å². The Bertz CT molecular complexity index is 962. The summed E-state index contributed by atoms with van der Waals surface area (Å²) < 4.78 is 0. The van der Waals surface area contributed by atoms with Gasteiger partial charge in [-0.05, 0) is 62.6 Å². The zero-order valence-corrected chi connectivity index (χ0v) is 19.8. The lowest BCUT2D eigenvalue weighted by molar-refractivity contribution is -0.136. The lowest BCUT2D eigenvalue weighted by Crippen LogP contribution is -2.50. The summed E-state index contributed by atoms with van der Waals surface area (Å²) in [5.74, 6) is 1.75. The molecule has 1 aromatic rings. The van der Waals surface area contributed by atoms with E-state index in [0.717, 1.165) is 37.3 Å². The zero-order chi connectivity index (χ0) is 22.9. The maximum Gasteiger partial charge on any atom is 0.245 e. The summed E-state index contributed by atoms with van der Waals surface area (Å²) in [4.78, 5) is 17.5. The molecule has 0 radical (unpaired) electrons. The minimum atomic E-state index is -0.284. The number of hydrogen-bond acceptors (Lipinski definition) is 6. The van der Waals surface area contributed by atoms with Crippen LogP contribution in [0.25, 0.3) is 0 Å². The van der Waals surface area contributed by atoms with Crippen molar-refractivity contribution in [2.24, 2.45) is 11.0 Å². The average molecular weight is 470 g/mol. The van der Waals surface area contributed by atoms with Gasteiger partial charge in [0.1, 0.15) is 17.9 Å². The summed E-state index contributed by atoms with van der Waals surface area (Å²) in [6.07, 6.45) is 8.63. The SMILES string of the molecule is N#Cc1ccc(N2N=C(N3CCCC3C(=O)N3CCC(O)CC3)CC2C2CCCC2)cc1Cl. The van der Waals surface area contributed by atoms with Crippen molar-refractivity contribution in [2.75, 3.05) is 24.6 Å². The molecular weight excluding hydrogens is 438 g/mol. The van der Waals surface area contributed by atoms with Crippen molar-refractivity contribution in [3.8, 4) is 6.07 Å². The first-order chi connectivity index (χ1) is 16.0. The number of nitrogens with zero attached hydrogens (tertiary/aromatic N) is 5. The largest absolute Gasteiger partial charge is 0.393 e. The molecule has 33 heavy (non-hydrogen) atoms. The van der Waals surface area contributed by atoms with Gasteiger partial charge in [-0.1, -0.05) is 24.4 Å². The molecule has 7 nitrogen and oxygen atoms in total. The second-order valence-electron chi connectivity index (χ2n) is 9.86. The van der Waals surface area contributed by atoms with E-state index in [1.54, 1.807) is 6.07 Å². The van der Waals surface area contributed by atoms with Gasteiger partial charge >= 0.3 is 0 Å². The van der Waals surface area contributed by atoms with Gasteiger partial charge in [-0.2, -0.15) is 10.4 Å². The minimum Gasteiger partial charge on any atom is -0.393 e. The second-order valence-corrected chi connectivity index (χ2v) is 10.3. The molecule has 3 heterocycles. The van der Waals surface area contributed by atoms with Crippen LogP contribution in [0.15, 0.2) is 23.3 Å². The standard InChI is InChI=1S/C25H32ClN5O2/c26-21-14-19(8-7-18(21)16-27)31-23(17-4-1-2-5-17)15-24(28-31)30-11-3-6-22(30)25(33)29-12-9-20(32)10-13-29/h7-8,14,17,20,22-23,32H,1-6,9-13,15H2. The molecule has 2 saturated heterocycles. The van der Waals surface area contributed by atoms with E-state index in [-0.39, 0.29) is 24.1 Å². The van der Waals surface area contributed by atoms with Crippen LogP contribution >= 0.6 is 11.6 Å². The topological polar surface area (TPSA) is 83.2 Å². The predicted octanol–water partition coefficient (Wildman–Crippen LogP) is 3.74. The molecule has 4 aliphatic rings. The van der Waals surface area contributed by atoms with E-state index in [2.05, 4.69) is 16.0 Å². The van der Waals surface area contributed by atoms with Crippen LogP contribution in [-0.2, 0) is 4.79 Å². The van der Waals surface area contributed by atoms with Crippen molar-refractivity contribution >= 4 is 29.0 Å². The van der Waals surface area contributed by atoms with E-state index in [4.69, 9.17) is 16.7 Å². The number of anilines is 1. The molecule has 0 aromatic heterocycles. The van der Waals surface area contributed by atoms with E-state index in [0.29, 0.717) is 42.4 Å². The Morgan fingerprint density at radius 2 is 1.85 bits per heavy atom. The maximum absolute atomic E-state index is 13.4. The molecule has 1 saturated carbocycles. The molecule has 2 unspecified atom stereocenters. The first-order valence-corrected chi connectivity index (χ1v) is 12.7. The number of halogens is 1. The highest BCUT2D eigenvalue weighted by atomic mass is 35.5. The van der Waals surface area contributed by atoms with E-state index in [1.165, 1.54) is 25.7 Å². The fourth-order valence-corrected chi connectivity index (χ4v) is 6.23. The number of carbonyl (C=O) groups is 1. The molecule has 2 atom stereocenters. The molecule has 5 rings (SSSR count). The number of amides is 1. The van der Waals surface area contributed by atoms with Crippen LogP contribution in [0.5, 0.6) is 0 Å². The maximum atomic E-state index is 13.4. The van der Waals surface area contributed by atoms with Crippen molar-refractivity contribution in [1.82, 2.24) is 9.80 Å². The first kappa shape index (κ1) is 22.5. The molecule has 3 aliphatic heterocycles. The molecule has 1 amide bonds. The summed E-state index contributed by atoms with van der Waals surface area (Å²) >= 11 is 6.36. The Morgan fingerprint density at radius 1 is 1.09 bits per heavy atom. The predicted molar refractivity (Wildman–Crippen MR) is 128 cm³/mol. The Morgan fingerprint density at radius 3 is 2.55 bits per heavy atom. The number of piperidine rings is 1. The molecule has 0 spiro atoms. The Hall–Kier alpha value is -2.30. The third kappa shape index (κ3) is 4.43. The Balaban J connectivity index is 1.39. The fourth-order valence-electron chi connectivity index (χ4n) is 6.01. The van der Waals surface area contributed by atoms with Crippen LogP contribution < -0.4 is 5.01 Å². The zero-order valence-electron chi connectivity index (χ0n) is 19.0. The molecular formula is C25H32ClN5O2. The summed E-state index contributed by atoms with van der Waals surface area (Å²) in [5.41, 5.74) is 1.39. The lowest BCUT2D eigenvalue weighted by atomic mass is 9.94. The molecule has 1 aliphatic carbocycles. The van der Waals surface area contributed by atoms with Gasteiger partial charge in [0, 0.05) is 26.1 Å². The van der Waals surface area contributed by atoms with Gasteiger partial charge in [0.2, 0.25) is 5.91 Å². The minimum absolute atomic E-state index is 0.160. The van der Waals surface area contributed by atoms with Crippen molar-refractivity contribution < 1.29 is 9.90 Å². The summed E-state index contributed by atoms with van der Waals surface area (Å²) in [6.45, 7) is 2.12. The van der Waals surface area contributed by atoms with Crippen molar-refractivity contribution in [2.45, 2.75) is 76.0 Å². The normalized spacial score (nSPS) is 26.7. The molecule has 8 heteroatoms. The van der Waals surface area contributed by atoms with Gasteiger partial charge in [0.25, 0.3) is 0 Å². The number of carbonyl (C=O) groups excluding carboxylic acids is 1. The van der Waals surface area contributed by atoms with Crippen LogP contribution in [-0.4, -0.2) is 64.5 Å². The van der Waals surface area contributed by atoms with Crippen LogP contribution in [0.3, 0.4) is 0 Å². The van der Waals surface area contributed by atoms with Crippen molar-refractivity contribution in [3.05, 3.63) is 28.8 Å². The number of nitriles is 1. The van der Waals surface area contributed by atoms with Crippen LogP contribution in [0.4, 0.5) is 5.69 Å². The van der Waals surface area contributed by atoms with E-state index < -0.39 is 0 Å². The summed E-state index contributed by atoms with van der Waals surface area (Å²) in [5, 5.41) is 26.7. The fraction of sp³-hybridized carbons (Fsp3) is 0.640. The average Bonchev–Trinajstić information content (AvgIpc) is 3.59. The lowest BCUT2D eigenvalue weighted by Gasteiger charge is -2.34. The Labute approximate surface area is 200 Å². The molecule has 1 aromatic carbocycles. The van der Waals surface area contributed by atoms with Crippen LogP contribution in [0.1, 0.15) is 63.4 Å². The number of amidine groups is 1. The van der Waals surface area contributed by atoms with Gasteiger partial charge in [0.15, 0.2) is 0 Å². The monoisotopic (exact) mass is 469 g/mol.